The lowest BCUT2D eigenvalue weighted by molar-refractivity contribution is -0.125. The largest absolute Gasteiger partial charge is 0.483 e. The van der Waals surface area contributed by atoms with Crippen molar-refractivity contribution in [3.8, 4) is 5.75 Å². The Morgan fingerprint density at radius 1 is 1.22 bits per heavy atom. The molecule has 0 spiro atoms. The molecule has 0 bridgehead atoms. The third-order valence-electron chi connectivity index (χ3n) is 5.67. The fourth-order valence-electron chi connectivity index (χ4n) is 3.47. The Balaban J connectivity index is 2.77. The van der Waals surface area contributed by atoms with Gasteiger partial charge in [0.2, 0.25) is 0 Å². The molecule has 0 aromatic heterocycles. The highest BCUT2D eigenvalue weighted by molar-refractivity contribution is 6.32. The molecule has 0 N–H and O–H groups in total. The number of likely N-dealkylation sites (N-methyl/N-ethyl adjacent to an activating group) is 1. The van der Waals surface area contributed by atoms with Crippen molar-refractivity contribution < 1.29 is 22.6 Å². The van der Waals surface area contributed by atoms with Crippen molar-refractivity contribution in [3.05, 3.63) is 76.9 Å². The number of methoxy groups -OCH3 is 1. The van der Waals surface area contributed by atoms with Crippen molar-refractivity contribution >= 4 is 17.5 Å². The maximum atomic E-state index is 12.4. The van der Waals surface area contributed by atoms with Gasteiger partial charge in [0.05, 0.1) is 31.6 Å². The molecule has 8 heteroatoms. The molecule has 0 fully saturated rings. The lowest BCUT2D eigenvalue weighted by Crippen LogP contribution is -2.30. The molecule has 0 atom stereocenters. The van der Waals surface area contributed by atoms with Crippen LogP contribution in [0.3, 0.4) is 0 Å². The van der Waals surface area contributed by atoms with Crippen LogP contribution in [0.2, 0.25) is 5.02 Å². The van der Waals surface area contributed by atoms with E-state index in [-0.39, 0.29) is 6.54 Å². The van der Waals surface area contributed by atoms with Gasteiger partial charge in [0.25, 0.3) is 0 Å². The van der Waals surface area contributed by atoms with Crippen LogP contribution in [0.5, 0.6) is 5.75 Å². The number of alkyl halides is 3. The van der Waals surface area contributed by atoms with Gasteiger partial charge in [-0.15, -0.1) is 0 Å². The number of benzene rings is 1. The van der Waals surface area contributed by atoms with Crippen LogP contribution in [0.1, 0.15) is 52.5 Å². The summed E-state index contributed by atoms with van der Waals surface area (Å²) >= 11 is 6.52. The molecule has 0 unspecified atom stereocenters. The molecule has 1 aromatic carbocycles. The number of aliphatic imine (C=N–C) groups is 1. The topological polar surface area (TPSA) is 34.1 Å². The second-order valence-electron chi connectivity index (χ2n) is 9.39. The van der Waals surface area contributed by atoms with Gasteiger partial charge in [-0.3, -0.25) is 4.90 Å². The van der Waals surface area contributed by atoms with E-state index in [0.29, 0.717) is 40.9 Å². The van der Waals surface area contributed by atoms with E-state index in [2.05, 4.69) is 25.1 Å². The van der Waals surface area contributed by atoms with E-state index in [9.17, 15) is 13.2 Å². The molecule has 0 aliphatic carbocycles. The highest BCUT2D eigenvalue weighted by Gasteiger charge is 2.25. The van der Waals surface area contributed by atoms with Crippen LogP contribution < -0.4 is 4.74 Å². The molecule has 4 nitrogen and oxygen atoms in total. The predicted molar refractivity (Wildman–Crippen MR) is 149 cm³/mol. The molecular weight excluding hydrogens is 501 g/mol. The predicted octanol–water partition coefficient (Wildman–Crippen LogP) is 8.34. The fourth-order valence-corrected chi connectivity index (χ4v) is 3.71. The van der Waals surface area contributed by atoms with Crippen molar-refractivity contribution in [1.82, 2.24) is 4.90 Å². The average Bonchev–Trinajstić information content (AvgIpc) is 2.80. The lowest BCUT2D eigenvalue weighted by Gasteiger charge is -2.29. The summed E-state index contributed by atoms with van der Waals surface area (Å²) < 4.78 is 48.8. The summed E-state index contributed by atoms with van der Waals surface area (Å²) in [7, 11) is 3.46. The van der Waals surface area contributed by atoms with Crippen LogP contribution in [0.4, 0.5) is 13.2 Å². The first kappa shape index (κ1) is 32.5. The molecular formula is C29H40ClF3N2O2. The van der Waals surface area contributed by atoms with Crippen LogP contribution in [0.25, 0.3) is 0 Å². The minimum Gasteiger partial charge on any atom is -0.483 e. The summed E-state index contributed by atoms with van der Waals surface area (Å²) in [6, 6.07) is 5.71. The standard InChI is InChI=1S/C29H40ClF3N2O2/c1-9-12-22(4)28(5,6)37-26-15-14-23(17-25(26)30)19-35(7)20-27(36-8)34-18-21(3)24(10-2)13-11-16-29(31,32)33/h10-11,13-15,17H,3-4,9,12,16,18-20H2,1-2,5-8H3/b13-11-,24-10+,34-27?. The van der Waals surface area contributed by atoms with Crippen LogP contribution >= 0.6 is 11.6 Å². The van der Waals surface area contributed by atoms with Crippen molar-refractivity contribution in [1.29, 1.82) is 0 Å². The molecule has 0 saturated carbocycles. The van der Waals surface area contributed by atoms with E-state index in [0.717, 1.165) is 30.1 Å². The Morgan fingerprint density at radius 3 is 2.43 bits per heavy atom. The molecule has 206 valence electrons. The van der Waals surface area contributed by atoms with Crippen LogP contribution in [-0.2, 0) is 11.3 Å². The van der Waals surface area contributed by atoms with Crippen LogP contribution in [0, 0.1) is 0 Å². The maximum absolute atomic E-state index is 12.4. The Kier molecular flexibility index (Phi) is 13.2. The number of hydrogen-bond acceptors (Lipinski definition) is 4. The molecule has 1 rings (SSSR count). The van der Waals surface area contributed by atoms with Gasteiger partial charge in [0, 0.05) is 6.54 Å². The first-order chi connectivity index (χ1) is 17.2. The highest BCUT2D eigenvalue weighted by atomic mass is 35.5. The molecule has 0 aliphatic rings. The zero-order valence-electron chi connectivity index (χ0n) is 22.8. The van der Waals surface area contributed by atoms with Crippen molar-refractivity contribution in [2.75, 3.05) is 27.2 Å². The maximum Gasteiger partial charge on any atom is 0.392 e. The highest BCUT2D eigenvalue weighted by Crippen LogP contribution is 2.32. The van der Waals surface area contributed by atoms with E-state index in [1.54, 1.807) is 13.0 Å². The number of nitrogens with zero attached hydrogens (tertiary/aromatic N) is 2. The quantitative estimate of drug-likeness (QED) is 0.103. The summed E-state index contributed by atoms with van der Waals surface area (Å²) in [6.45, 7) is 17.2. The first-order valence-corrected chi connectivity index (χ1v) is 12.6. The van der Waals surface area contributed by atoms with E-state index >= 15 is 0 Å². The zero-order valence-corrected chi connectivity index (χ0v) is 23.6. The molecule has 0 amide bonds. The molecule has 0 aliphatic heterocycles. The second kappa shape index (κ2) is 15.0. The van der Waals surface area contributed by atoms with Crippen molar-refractivity contribution in [2.24, 2.45) is 4.99 Å². The number of allylic oxidation sites excluding steroid dienone is 3. The molecule has 1 aromatic rings. The fraction of sp³-hybridized carbons (Fsp3) is 0.483. The van der Waals surface area contributed by atoms with Gasteiger partial charge in [0.15, 0.2) is 5.90 Å². The van der Waals surface area contributed by atoms with Gasteiger partial charge in [-0.1, -0.05) is 62.4 Å². The smallest absolute Gasteiger partial charge is 0.392 e. The average molecular weight is 541 g/mol. The zero-order chi connectivity index (χ0) is 28.2. The molecule has 0 saturated heterocycles. The van der Waals surface area contributed by atoms with Crippen molar-refractivity contribution in [2.45, 2.75) is 65.3 Å². The summed E-state index contributed by atoms with van der Waals surface area (Å²) in [5.74, 6) is 1.10. The molecule has 0 heterocycles. The lowest BCUT2D eigenvalue weighted by atomic mass is 9.95. The van der Waals surface area contributed by atoms with E-state index < -0.39 is 18.2 Å². The van der Waals surface area contributed by atoms with Crippen LogP contribution in [-0.4, -0.2) is 49.8 Å². The molecule has 0 radical (unpaired) electrons. The Labute approximate surface area is 225 Å². The number of halogens is 4. The molecule has 37 heavy (non-hydrogen) atoms. The minimum atomic E-state index is -4.24. The summed E-state index contributed by atoms with van der Waals surface area (Å²) in [4.78, 5) is 6.47. The SMILES string of the molecule is C=C(CN=C(CN(C)Cc1ccc(OC(C)(C)C(=C)CCC)c(Cl)c1)OC)C(/C=C\CC(F)(F)F)=C/C. The van der Waals surface area contributed by atoms with Crippen molar-refractivity contribution in [3.63, 3.8) is 0 Å². The van der Waals surface area contributed by atoms with E-state index in [1.807, 2.05) is 44.0 Å². The van der Waals surface area contributed by atoms with Gasteiger partial charge in [-0.2, -0.15) is 13.2 Å². The summed E-state index contributed by atoms with van der Waals surface area (Å²) in [5.41, 5.74) is 2.70. The van der Waals surface area contributed by atoms with Gasteiger partial charge >= 0.3 is 6.18 Å². The Morgan fingerprint density at radius 2 is 1.89 bits per heavy atom. The van der Waals surface area contributed by atoms with E-state index in [4.69, 9.17) is 21.1 Å². The number of ether oxygens (including phenoxy) is 2. The van der Waals surface area contributed by atoms with Gasteiger partial charge in [-0.05, 0) is 68.7 Å². The summed E-state index contributed by atoms with van der Waals surface area (Å²) in [5, 5.41) is 0.526. The summed E-state index contributed by atoms with van der Waals surface area (Å²) in [6.07, 6.45) is 0.872. The number of rotatable bonds is 14. The normalized spacial score (nSPS) is 13.4. The first-order valence-electron chi connectivity index (χ1n) is 12.2. The van der Waals surface area contributed by atoms with Gasteiger partial charge < -0.3 is 9.47 Å². The third-order valence-corrected chi connectivity index (χ3v) is 5.97. The third kappa shape index (κ3) is 12.1. The minimum absolute atomic E-state index is 0.212. The van der Waals surface area contributed by atoms with Gasteiger partial charge in [-0.25, -0.2) is 4.99 Å². The van der Waals surface area contributed by atoms with Crippen LogP contribution in [0.15, 0.2) is 71.3 Å². The van der Waals surface area contributed by atoms with Gasteiger partial charge in [0.1, 0.15) is 11.4 Å². The number of hydrogen-bond donors (Lipinski definition) is 0. The Hall–Kier alpha value is -2.51. The van der Waals surface area contributed by atoms with E-state index in [1.165, 1.54) is 13.2 Å². The second-order valence-corrected chi connectivity index (χ2v) is 9.79. The monoisotopic (exact) mass is 540 g/mol. The Bertz CT molecular complexity index is 1010.